The molecule has 3 heteroatoms. The second-order valence-corrected chi connectivity index (χ2v) is 4.50. The average Bonchev–Trinajstić information content (AvgIpc) is 2.39. The second-order valence-electron chi connectivity index (χ2n) is 4.50. The fourth-order valence-corrected chi connectivity index (χ4v) is 2.14. The van der Waals surface area contributed by atoms with E-state index in [0.717, 1.165) is 12.1 Å². The van der Waals surface area contributed by atoms with Crippen molar-refractivity contribution >= 4 is 0 Å². The molecule has 0 bridgehead atoms. The van der Waals surface area contributed by atoms with E-state index in [4.69, 9.17) is 0 Å². The van der Waals surface area contributed by atoms with E-state index in [9.17, 15) is 8.78 Å². The van der Waals surface area contributed by atoms with Crippen molar-refractivity contribution in [3.63, 3.8) is 0 Å². The molecule has 0 radical (unpaired) electrons. The Balaban J connectivity index is 2.33. The number of rotatable bonds is 4. The van der Waals surface area contributed by atoms with Gasteiger partial charge in [0.25, 0.3) is 0 Å². The maximum absolute atomic E-state index is 13.7. The van der Waals surface area contributed by atoms with Crippen LogP contribution in [0.4, 0.5) is 8.78 Å². The van der Waals surface area contributed by atoms with Gasteiger partial charge in [0.1, 0.15) is 11.6 Å². The Labute approximate surface area is 112 Å². The van der Waals surface area contributed by atoms with Crippen LogP contribution in [0.25, 0.3) is 11.1 Å². The summed E-state index contributed by atoms with van der Waals surface area (Å²) in [4.78, 5) is 0. The van der Waals surface area contributed by atoms with Crippen LogP contribution in [0.2, 0.25) is 0 Å². The van der Waals surface area contributed by atoms with Crippen molar-refractivity contribution in [2.24, 2.45) is 0 Å². The summed E-state index contributed by atoms with van der Waals surface area (Å²) < 4.78 is 27.3. The Morgan fingerprint density at radius 2 is 1.58 bits per heavy atom. The first-order chi connectivity index (χ1) is 9.13. The lowest BCUT2D eigenvalue weighted by Gasteiger charge is -2.13. The van der Waals surface area contributed by atoms with Crippen LogP contribution in [-0.4, -0.2) is 6.54 Å². The first kappa shape index (κ1) is 13.7. The van der Waals surface area contributed by atoms with Crippen LogP contribution in [0.3, 0.4) is 0 Å². The van der Waals surface area contributed by atoms with Crippen LogP contribution in [0, 0.1) is 11.6 Å². The lowest BCUT2D eigenvalue weighted by atomic mass is 10.0. The predicted molar refractivity (Wildman–Crippen MR) is 73.9 cm³/mol. The van der Waals surface area contributed by atoms with Crippen LogP contribution in [-0.2, 0) is 0 Å². The summed E-state index contributed by atoms with van der Waals surface area (Å²) in [6.07, 6.45) is 0. The van der Waals surface area contributed by atoms with E-state index in [2.05, 4.69) is 12.2 Å². The molecular formula is C16H17F2N. The molecule has 1 nitrogen and oxygen atoms in total. The molecule has 100 valence electrons. The molecule has 0 aliphatic rings. The summed E-state index contributed by atoms with van der Waals surface area (Å²) in [6.45, 7) is 4.98. The Hall–Kier alpha value is -1.74. The van der Waals surface area contributed by atoms with Gasteiger partial charge in [-0.15, -0.1) is 0 Å². The van der Waals surface area contributed by atoms with Gasteiger partial charge >= 0.3 is 0 Å². The molecule has 0 amide bonds. The van der Waals surface area contributed by atoms with Gasteiger partial charge in [-0.25, -0.2) is 8.78 Å². The highest BCUT2D eigenvalue weighted by atomic mass is 19.1. The zero-order valence-electron chi connectivity index (χ0n) is 11.1. The molecule has 0 saturated carbocycles. The Bertz CT molecular complexity index is 529. The number of benzene rings is 2. The van der Waals surface area contributed by atoms with E-state index in [-0.39, 0.29) is 11.6 Å². The molecule has 0 saturated heterocycles. The fourth-order valence-electron chi connectivity index (χ4n) is 2.14. The quantitative estimate of drug-likeness (QED) is 0.865. The van der Waals surface area contributed by atoms with Gasteiger partial charge < -0.3 is 5.32 Å². The van der Waals surface area contributed by atoms with E-state index in [1.165, 1.54) is 18.2 Å². The third-order valence-electron chi connectivity index (χ3n) is 3.17. The van der Waals surface area contributed by atoms with Crippen molar-refractivity contribution in [2.75, 3.05) is 6.54 Å². The molecule has 0 aliphatic carbocycles. The smallest absolute Gasteiger partial charge is 0.133 e. The number of halogens is 2. The van der Waals surface area contributed by atoms with Crippen LogP contribution < -0.4 is 5.32 Å². The van der Waals surface area contributed by atoms with Crippen molar-refractivity contribution in [1.29, 1.82) is 0 Å². The highest BCUT2D eigenvalue weighted by molar-refractivity contribution is 5.65. The third-order valence-corrected chi connectivity index (χ3v) is 3.17. The SMILES string of the molecule is CCNC(C)c1ccc(-c2c(F)cccc2F)cc1. The molecular weight excluding hydrogens is 244 g/mol. The van der Waals surface area contributed by atoms with Crippen molar-refractivity contribution in [1.82, 2.24) is 5.32 Å². The van der Waals surface area contributed by atoms with Crippen molar-refractivity contribution < 1.29 is 8.78 Å². The molecule has 2 rings (SSSR count). The molecule has 0 aromatic heterocycles. The monoisotopic (exact) mass is 261 g/mol. The van der Waals surface area contributed by atoms with E-state index in [1.807, 2.05) is 19.1 Å². The molecule has 2 aromatic rings. The lowest BCUT2D eigenvalue weighted by Crippen LogP contribution is -2.17. The van der Waals surface area contributed by atoms with Gasteiger partial charge in [0.2, 0.25) is 0 Å². The van der Waals surface area contributed by atoms with Gasteiger partial charge in [0.15, 0.2) is 0 Å². The zero-order valence-corrected chi connectivity index (χ0v) is 11.1. The van der Waals surface area contributed by atoms with E-state index in [0.29, 0.717) is 5.56 Å². The molecule has 0 spiro atoms. The molecule has 0 heterocycles. The van der Waals surface area contributed by atoms with Gasteiger partial charge in [-0.1, -0.05) is 37.3 Å². The fraction of sp³-hybridized carbons (Fsp3) is 0.250. The topological polar surface area (TPSA) is 12.0 Å². The minimum atomic E-state index is -0.535. The van der Waals surface area contributed by atoms with Crippen LogP contribution in [0.5, 0.6) is 0 Å². The van der Waals surface area contributed by atoms with Crippen molar-refractivity contribution in [3.8, 4) is 11.1 Å². The minimum absolute atomic E-state index is 0.0325. The lowest BCUT2D eigenvalue weighted by molar-refractivity contribution is 0.589. The molecule has 19 heavy (non-hydrogen) atoms. The van der Waals surface area contributed by atoms with Gasteiger partial charge in [-0.05, 0) is 36.7 Å². The summed E-state index contributed by atoms with van der Waals surface area (Å²) in [6, 6.07) is 11.4. The van der Waals surface area contributed by atoms with Gasteiger partial charge in [0, 0.05) is 6.04 Å². The minimum Gasteiger partial charge on any atom is -0.310 e. The standard InChI is InChI=1S/C16H17F2N/c1-3-19-11(2)12-7-9-13(10-8-12)16-14(17)5-4-6-15(16)18/h4-11,19H,3H2,1-2H3. The summed E-state index contributed by atoms with van der Waals surface area (Å²) in [5, 5.41) is 3.30. The maximum Gasteiger partial charge on any atom is 0.133 e. The van der Waals surface area contributed by atoms with Crippen molar-refractivity contribution in [2.45, 2.75) is 19.9 Å². The van der Waals surface area contributed by atoms with Crippen molar-refractivity contribution in [3.05, 3.63) is 59.7 Å². The summed E-state index contributed by atoms with van der Waals surface area (Å²) in [7, 11) is 0. The Morgan fingerprint density at radius 3 is 2.11 bits per heavy atom. The van der Waals surface area contributed by atoms with E-state index < -0.39 is 11.6 Å². The molecule has 2 aromatic carbocycles. The summed E-state index contributed by atoms with van der Waals surface area (Å²) in [5.74, 6) is -1.07. The normalized spacial score (nSPS) is 12.4. The first-order valence-electron chi connectivity index (χ1n) is 6.41. The largest absolute Gasteiger partial charge is 0.310 e. The first-order valence-corrected chi connectivity index (χ1v) is 6.41. The molecule has 1 unspecified atom stereocenters. The number of hydrogen-bond acceptors (Lipinski definition) is 1. The van der Waals surface area contributed by atoms with E-state index >= 15 is 0 Å². The highest BCUT2D eigenvalue weighted by Crippen LogP contribution is 2.27. The predicted octanol–water partition coefficient (Wildman–Crippen LogP) is 4.30. The van der Waals surface area contributed by atoms with Crippen LogP contribution >= 0.6 is 0 Å². The number of hydrogen-bond donors (Lipinski definition) is 1. The molecule has 1 atom stereocenters. The Morgan fingerprint density at radius 1 is 1.00 bits per heavy atom. The van der Waals surface area contributed by atoms with Gasteiger partial charge in [-0.3, -0.25) is 0 Å². The highest BCUT2D eigenvalue weighted by Gasteiger charge is 2.11. The molecule has 1 N–H and O–H groups in total. The summed E-state index contributed by atoms with van der Waals surface area (Å²) in [5.41, 5.74) is 1.69. The van der Waals surface area contributed by atoms with Crippen LogP contribution in [0.15, 0.2) is 42.5 Å². The van der Waals surface area contributed by atoms with Crippen LogP contribution in [0.1, 0.15) is 25.5 Å². The average molecular weight is 261 g/mol. The number of nitrogens with one attached hydrogen (secondary N) is 1. The second kappa shape index (κ2) is 5.93. The molecule has 0 fully saturated rings. The zero-order chi connectivity index (χ0) is 13.8. The maximum atomic E-state index is 13.7. The van der Waals surface area contributed by atoms with Gasteiger partial charge in [0.05, 0.1) is 5.56 Å². The van der Waals surface area contributed by atoms with E-state index in [1.54, 1.807) is 12.1 Å². The summed E-state index contributed by atoms with van der Waals surface area (Å²) >= 11 is 0. The Kier molecular flexibility index (Phi) is 4.27. The molecule has 0 aliphatic heterocycles. The third kappa shape index (κ3) is 2.99. The van der Waals surface area contributed by atoms with Gasteiger partial charge in [-0.2, -0.15) is 0 Å².